The van der Waals surface area contributed by atoms with Crippen LogP contribution in [0, 0.1) is 11.3 Å². The van der Waals surface area contributed by atoms with E-state index in [2.05, 4.69) is 10.6 Å². The third kappa shape index (κ3) is 3.06. The quantitative estimate of drug-likeness (QED) is 0.668. The second-order valence-electron chi connectivity index (χ2n) is 5.61. The van der Waals surface area contributed by atoms with E-state index in [1.807, 2.05) is 6.92 Å². The Balaban J connectivity index is 1.91. The van der Waals surface area contributed by atoms with Crippen LogP contribution in [0.5, 0.6) is 0 Å². The van der Waals surface area contributed by atoms with E-state index in [0.717, 1.165) is 13.0 Å². The zero-order chi connectivity index (χ0) is 13.9. The molecule has 2 fully saturated rings. The van der Waals surface area contributed by atoms with Gasteiger partial charge in [0.05, 0.1) is 11.5 Å². The van der Waals surface area contributed by atoms with Gasteiger partial charge in [0.1, 0.15) is 0 Å². The van der Waals surface area contributed by atoms with Crippen molar-refractivity contribution < 1.29 is 19.4 Å². The molecule has 2 heterocycles. The van der Waals surface area contributed by atoms with Gasteiger partial charge in [-0.25, -0.2) is 0 Å². The van der Waals surface area contributed by atoms with E-state index in [9.17, 15) is 14.7 Å². The lowest BCUT2D eigenvalue weighted by molar-refractivity contribution is -0.154. The summed E-state index contributed by atoms with van der Waals surface area (Å²) in [6.07, 6.45) is 1.89. The van der Waals surface area contributed by atoms with E-state index in [-0.39, 0.29) is 18.5 Å². The molecule has 0 aliphatic carbocycles. The van der Waals surface area contributed by atoms with Crippen LogP contribution < -0.4 is 10.6 Å². The number of carbonyl (C=O) groups is 2. The molecule has 0 aromatic rings. The van der Waals surface area contributed by atoms with Crippen LogP contribution in [0.2, 0.25) is 0 Å². The number of nitrogens with one attached hydrogen (secondary N) is 2. The maximum atomic E-state index is 12.1. The molecule has 0 radical (unpaired) electrons. The molecule has 0 spiro atoms. The SMILES string of the molecule is CC1CCNC1C(=O)NCC1(C(=O)O)CCOCC1. The Bertz CT molecular complexity index is 353. The van der Waals surface area contributed by atoms with Crippen LogP contribution in [-0.2, 0) is 14.3 Å². The van der Waals surface area contributed by atoms with Gasteiger partial charge in [-0.15, -0.1) is 0 Å². The van der Waals surface area contributed by atoms with Crippen molar-refractivity contribution >= 4 is 11.9 Å². The molecular formula is C13H22N2O4. The van der Waals surface area contributed by atoms with Crippen molar-refractivity contribution in [3.8, 4) is 0 Å². The predicted octanol–water partition coefficient (Wildman–Crippen LogP) is -0.0180. The summed E-state index contributed by atoms with van der Waals surface area (Å²) < 4.78 is 5.21. The largest absolute Gasteiger partial charge is 0.481 e. The maximum Gasteiger partial charge on any atom is 0.311 e. The van der Waals surface area contributed by atoms with Crippen LogP contribution in [0.3, 0.4) is 0 Å². The second-order valence-corrected chi connectivity index (χ2v) is 5.61. The van der Waals surface area contributed by atoms with Crippen molar-refractivity contribution in [3.05, 3.63) is 0 Å². The third-order valence-electron chi connectivity index (χ3n) is 4.32. The number of carboxylic acids is 1. The van der Waals surface area contributed by atoms with Crippen LogP contribution in [0.4, 0.5) is 0 Å². The highest BCUT2D eigenvalue weighted by atomic mass is 16.5. The Kier molecular flexibility index (Phi) is 4.42. The van der Waals surface area contributed by atoms with Crippen LogP contribution >= 0.6 is 0 Å². The molecule has 2 saturated heterocycles. The monoisotopic (exact) mass is 270 g/mol. The van der Waals surface area contributed by atoms with Crippen molar-refractivity contribution in [3.63, 3.8) is 0 Å². The summed E-state index contributed by atoms with van der Waals surface area (Å²) in [5.74, 6) is -0.629. The van der Waals surface area contributed by atoms with E-state index in [1.54, 1.807) is 0 Å². The molecule has 2 aliphatic heterocycles. The standard InChI is InChI=1S/C13H22N2O4/c1-9-2-5-14-10(9)11(16)15-8-13(12(17)18)3-6-19-7-4-13/h9-10,14H,2-8H2,1H3,(H,15,16)(H,17,18). The molecule has 0 aromatic carbocycles. The molecule has 2 atom stereocenters. The number of rotatable bonds is 4. The average molecular weight is 270 g/mol. The first-order valence-electron chi connectivity index (χ1n) is 6.87. The summed E-state index contributed by atoms with van der Waals surface area (Å²) in [7, 11) is 0. The zero-order valence-corrected chi connectivity index (χ0v) is 11.3. The first-order valence-corrected chi connectivity index (χ1v) is 6.87. The lowest BCUT2D eigenvalue weighted by atomic mass is 9.80. The van der Waals surface area contributed by atoms with Crippen LogP contribution in [0.25, 0.3) is 0 Å². The first kappa shape index (κ1) is 14.3. The van der Waals surface area contributed by atoms with Gasteiger partial charge in [-0.3, -0.25) is 9.59 Å². The molecule has 0 saturated carbocycles. The fourth-order valence-corrected chi connectivity index (χ4v) is 2.78. The first-order chi connectivity index (χ1) is 9.05. The Morgan fingerprint density at radius 2 is 2.11 bits per heavy atom. The number of carbonyl (C=O) groups excluding carboxylic acids is 1. The van der Waals surface area contributed by atoms with Crippen molar-refractivity contribution in [1.82, 2.24) is 10.6 Å². The molecule has 108 valence electrons. The van der Waals surface area contributed by atoms with Gasteiger partial charge >= 0.3 is 5.97 Å². The maximum absolute atomic E-state index is 12.1. The summed E-state index contributed by atoms with van der Waals surface area (Å²) in [4.78, 5) is 23.5. The van der Waals surface area contributed by atoms with Gasteiger partial charge < -0.3 is 20.5 Å². The predicted molar refractivity (Wildman–Crippen MR) is 68.7 cm³/mol. The Morgan fingerprint density at radius 3 is 2.63 bits per heavy atom. The highest BCUT2D eigenvalue weighted by Gasteiger charge is 2.41. The van der Waals surface area contributed by atoms with Gasteiger partial charge in [0.15, 0.2) is 0 Å². The number of carboxylic acid groups (broad SMARTS) is 1. The molecular weight excluding hydrogens is 248 g/mol. The lowest BCUT2D eigenvalue weighted by Crippen LogP contribution is -2.51. The van der Waals surface area contributed by atoms with Crippen LogP contribution in [-0.4, -0.2) is 49.3 Å². The van der Waals surface area contributed by atoms with Crippen molar-refractivity contribution in [2.45, 2.75) is 32.2 Å². The Hall–Kier alpha value is -1.14. The van der Waals surface area contributed by atoms with Gasteiger partial charge in [0.2, 0.25) is 5.91 Å². The lowest BCUT2D eigenvalue weighted by Gasteiger charge is -2.33. The number of hydrogen-bond acceptors (Lipinski definition) is 4. The van der Waals surface area contributed by atoms with Gasteiger partial charge in [0.25, 0.3) is 0 Å². The third-order valence-corrected chi connectivity index (χ3v) is 4.32. The summed E-state index contributed by atoms with van der Waals surface area (Å²) in [5, 5.41) is 15.4. The van der Waals surface area contributed by atoms with Crippen LogP contribution in [0.1, 0.15) is 26.2 Å². The minimum absolute atomic E-state index is 0.0860. The highest BCUT2D eigenvalue weighted by Crippen LogP contribution is 2.30. The van der Waals surface area contributed by atoms with E-state index in [4.69, 9.17) is 4.74 Å². The molecule has 6 heteroatoms. The molecule has 6 nitrogen and oxygen atoms in total. The molecule has 19 heavy (non-hydrogen) atoms. The summed E-state index contributed by atoms with van der Waals surface area (Å²) in [6.45, 7) is 3.96. The summed E-state index contributed by atoms with van der Waals surface area (Å²) >= 11 is 0. The normalized spacial score (nSPS) is 29.9. The van der Waals surface area contributed by atoms with E-state index >= 15 is 0 Å². The van der Waals surface area contributed by atoms with Crippen molar-refractivity contribution in [2.75, 3.05) is 26.3 Å². The fraction of sp³-hybridized carbons (Fsp3) is 0.846. The average Bonchev–Trinajstić information content (AvgIpc) is 2.83. The summed E-state index contributed by atoms with van der Waals surface area (Å²) in [5.41, 5.74) is -0.865. The summed E-state index contributed by atoms with van der Waals surface area (Å²) in [6, 6.07) is -0.189. The van der Waals surface area contributed by atoms with Gasteiger partial charge in [-0.05, 0) is 31.7 Å². The smallest absolute Gasteiger partial charge is 0.311 e. The van der Waals surface area contributed by atoms with Crippen LogP contribution in [0.15, 0.2) is 0 Å². The van der Waals surface area contributed by atoms with Gasteiger partial charge in [-0.2, -0.15) is 0 Å². The minimum atomic E-state index is -0.865. The van der Waals surface area contributed by atoms with E-state index < -0.39 is 11.4 Å². The topological polar surface area (TPSA) is 87.7 Å². The second kappa shape index (κ2) is 5.88. The van der Waals surface area contributed by atoms with Gasteiger partial charge in [0, 0.05) is 19.8 Å². The minimum Gasteiger partial charge on any atom is -0.481 e. The molecule has 2 unspecified atom stereocenters. The molecule has 0 aromatic heterocycles. The molecule has 2 rings (SSSR count). The number of aliphatic carboxylic acids is 1. The molecule has 2 aliphatic rings. The van der Waals surface area contributed by atoms with Crippen molar-refractivity contribution in [1.29, 1.82) is 0 Å². The van der Waals surface area contributed by atoms with Crippen molar-refractivity contribution in [2.24, 2.45) is 11.3 Å². The van der Waals surface area contributed by atoms with E-state index in [1.165, 1.54) is 0 Å². The number of amides is 1. The van der Waals surface area contributed by atoms with Gasteiger partial charge in [-0.1, -0.05) is 6.92 Å². The molecule has 0 bridgehead atoms. The Labute approximate surface area is 112 Å². The molecule has 3 N–H and O–H groups in total. The molecule has 1 amide bonds. The van der Waals surface area contributed by atoms with E-state index in [0.29, 0.717) is 32.0 Å². The number of ether oxygens (including phenoxy) is 1. The zero-order valence-electron chi connectivity index (χ0n) is 11.3. The Morgan fingerprint density at radius 1 is 1.42 bits per heavy atom. The highest BCUT2D eigenvalue weighted by molar-refractivity contribution is 5.83. The number of hydrogen-bond donors (Lipinski definition) is 3. The fourth-order valence-electron chi connectivity index (χ4n) is 2.78.